The van der Waals surface area contributed by atoms with Gasteiger partial charge in [-0.3, -0.25) is 4.90 Å². The van der Waals surface area contributed by atoms with E-state index in [-0.39, 0.29) is 5.41 Å². The lowest BCUT2D eigenvalue weighted by atomic mass is 9.71. The number of fused-ring (bicyclic) bond motifs is 4. The molecule has 230 valence electrons. The summed E-state index contributed by atoms with van der Waals surface area (Å²) in [6.07, 6.45) is 8.91. The molecule has 6 aromatic rings. The Bertz CT molecular complexity index is 1980. The Morgan fingerprint density at radius 2 is 1.39 bits per heavy atom. The molecule has 0 atom stereocenters. The van der Waals surface area contributed by atoms with Gasteiger partial charge in [0.2, 0.25) is 0 Å². The van der Waals surface area contributed by atoms with Crippen LogP contribution in [-0.4, -0.2) is 17.1 Å². The van der Waals surface area contributed by atoms with E-state index in [0.29, 0.717) is 0 Å². The number of para-hydroxylation sites is 1. The summed E-state index contributed by atoms with van der Waals surface area (Å²) < 4.78 is 5.99. The van der Waals surface area contributed by atoms with Gasteiger partial charge in [-0.25, -0.2) is 9.97 Å². The number of nitrogens with zero attached hydrogens (tertiary/aromatic N) is 3. The van der Waals surface area contributed by atoms with Crippen molar-refractivity contribution in [3.8, 4) is 28.3 Å². The van der Waals surface area contributed by atoms with Gasteiger partial charge in [0, 0.05) is 39.5 Å². The normalized spacial score (nSPS) is 12.9. The average Bonchev–Trinajstić information content (AvgIpc) is 3.39. The fourth-order valence-corrected chi connectivity index (χ4v) is 7.30. The van der Waals surface area contributed by atoms with Crippen LogP contribution < -0.4 is 9.64 Å². The van der Waals surface area contributed by atoms with Gasteiger partial charge < -0.3 is 4.74 Å². The van der Waals surface area contributed by atoms with E-state index >= 15 is 0 Å². The van der Waals surface area contributed by atoms with Crippen molar-refractivity contribution >= 4 is 28.0 Å². The summed E-state index contributed by atoms with van der Waals surface area (Å²) >= 11 is 0. The van der Waals surface area contributed by atoms with Gasteiger partial charge in [-0.05, 0) is 71.8 Å². The molecule has 1 aliphatic rings. The van der Waals surface area contributed by atoms with Crippen LogP contribution in [-0.2, 0) is 5.41 Å². The van der Waals surface area contributed by atoms with Crippen molar-refractivity contribution in [3.63, 3.8) is 0 Å². The first-order valence-electron chi connectivity index (χ1n) is 16.7. The first kappa shape index (κ1) is 29.7. The molecule has 0 spiro atoms. The molecule has 0 fully saturated rings. The van der Waals surface area contributed by atoms with Crippen LogP contribution >= 0.6 is 0 Å². The predicted octanol–water partition coefficient (Wildman–Crippen LogP) is 11.4. The molecule has 0 N–H and O–H groups in total. The molecule has 0 saturated heterocycles. The zero-order valence-corrected chi connectivity index (χ0v) is 27.0. The lowest BCUT2D eigenvalue weighted by molar-refractivity contribution is 0.405. The third-order valence-corrected chi connectivity index (χ3v) is 9.58. The lowest BCUT2D eigenvalue weighted by Crippen LogP contribution is -2.25. The van der Waals surface area contributed by atoms with Crippen LogP contribution in [0.2, 0.25) is 0 Å². The number of aromatic nitrogens is 2. The zero-order chi connectivity index (χ0) is 31.5. The van der Waals surface area contributed by atoms with Crippen molar-refractivity contribution in [1.82, 2.24) is 9.97 Å². The highest BCUT2D eigenvalue weighted by molar-refractivity contribution is 5.88. The Balaban J connectivity index is 1.36. The Morgan fingerprint density at radius 1 is 0.674 bits per heavy atom. The molecule has 0 radical (unpaired) electrons. The number of methoxy groups -OCH3 is 1. The van der Waals surface area contributed by atoms with Crippen LogP contribution in [0.1, 0.15) is 63.5 Å². The van der Waals surface area contributed by atoms with Crippen molar-refractivity contribution in [2.75, 3.05) is 12.0 Å². The maximum absolute atomic E-state index is 5.99. The average molecular weight is 604 g/mol. The van der Waals surface area contributed by atoms with E-state index < -0.39 is 0 Å². The van der Waals surface area contributed by atoms with Crippen LogP contribution in [0.3, 0.4) is 0 Å². The zero-order valence-electron chi connectivity index (χ0n) is 27.0. The highest BCUT2D eigenvalue weighted by atomic mass is 16.5. The van der Waals surface area contributed by atoms with Gasteiger partial charge in [-0.1, -0.05) is 112 Å². The van der Waals surface area contributed by atoms with Crippen LogP contribution in [0.25, 0.3) is 33.3 Å². The quantitative estimate of drug-likeness (QED) is 0.148. The van der Waals surface area contributed by atoms with Crippen molar-refractivity contribution in [2.24, 2.45) is 0 Å². The first-order chi connectivity index (χ1) is 22.7. The summed E-state index contributed by atoms with van der Waals surface area (Å²) in [6, 6.07) is 40.8. The largest absolute Gasteiger partial charge is 0.496 e. The number of hydrogen-bond donors (Lipinski definition) is 0. The van der Waals surface area contributed by atoms with Crippen molar-refractivity contribution in [3.05, 3.63) is 133 Å². The number of anilines is 3. The van der Waals surface area contributed by atoms with Crippen LogP contribution in [0.4, 0.5) is 17.2 Å². The third-order valence-electron chi connectivity index (χ3n) is 9.58. The smallest absolute Gasteiger partial charge is 0.138 e. The topological polar surface area (TPSA) is 38.2 Å². The Kier molecular flexibility index (Phi) is 8.28. The molecular weight excluding hydrogens is 562 g/mol. The standard InChI is InChI=1S/C42H41N3O/c1-4-6-25-42(26-7-5-2)35-21-14-22-38(46-3)40(35)41-36(42)23-24-37(44-41)31-17-13-20-34(27-31)45(33-18-9-8-10-19-33)39-28-30-15-11-12-16-32(30)29-43-39/h8-24,27-29H,4-7,25-26H2,1-3H3. The van der Waals surface area contributed by atoms with Crippen molar-refractivity contribution in [2.45, 2.75) is 57.8 Å². The molecule has 0 bridgehead atoms. The molecule has 1 aliphatic carbocycles. The molecule has 0 unspecified atom stereocenters. The van der Waals surface area contributed by atoms with Crippen LogP contribution in [0.15, 0.2) is 121 Å². The van der Waals surface area contributed by atoms with Gasteiger partial charge in [0.15, 0.2) is 0 Å². The summed E-state index contributed by atoms with van der Waals surface area (Å²) in [5, 5.41) is 2.28. The minimum Gasteiger partial charge on any atom is -0.496 e. The van der Waals surface area contributed by atoms with Gasteiger partial charge >= 0.3 is 0 Å². The molecule has 4 aromatic carbocycles. The first-order valence-corrected chi connectivity index (χ1v) is 16.7. The van der Waals surface area contributed by atoms with E-state index in [9.17, 15) is 0 Å². The van der Waals surface area contributed by atoms with E-state index in [1.807, 2.05) is 12.3 Å². The highest BCUT2D eigenvalue weighted by Crippen LogP contribution is 2.56. The monoisotopic (exact) mass is 603 g/mol. The van der Waals surface area contributed by atoms with Gasteiger partial charge in [-0.15, -0.1) is 0 Å². The molecule has 4 heteroatoms. The summed E-state index contributed by atoms with van der Waals surface area (Å²) in [4.78, 5) is 12.6. The highest BCUT2D eigenvalue weighted by Gasteiger charge is 2.44. The number of benzene rings is 4. The predicted molar refractivity (Wildman–Crippen MR) is 191 cm³/mol. The molecule has 0 amide bonds. The molecule has 2 aromatic heterocycles. The van der Waals surface area contributed by atoms with Gasteiger partial charge in [0.05, 0.1) is 18.5 Å². The van der Waals surface area contributed by atoms with Gasteiger partial charge in [0.1, 0.15) is 11.6 Å². The van der Waals surface area contributed by atoms with Crippen LogP contribution in [0.5, 0.6) is 5.75 Å². The second-order valence-corrected chi connectivity index (χ2v) is 12.4. The fourth-order valence-electron chi connectivity index (χ4n) is 7.30. The van der Waals surface area contributed by atoms with E-state index in [4.69, 9.17) is 14.7 Å². The van der Waals surface area contributed by atoms with Crippen molar-refractivity contribution < 1.29 is 4.74 Å². The molecule has 0 aliphatic heterocycles. The van der Waals surface area contributed by atoms with E-state index in [1.54, 1.807) is 7.11 Å². The summed E-state index contributed by atoms with van der Waals surface area (Å²) in [6.45, 7) is 4.58. The number of unbranched alkanes of at least 4 members (excludes halogenated alkanes) is 2. The number of ether oxygens (including phenoxy) is 1. The molecule has 7 rings (SSSR count). The van der Waals surface area contributed by atoms with E-state index in [0.717, 1.165) is 69.1 Å². The summed E-state index contributed by atoms with van der Waals surface area (Å²) in [5.74, 6) is 1.78. The summed E-state index contributed by atoms with van der Waals surface area (Å²) in [5.41, 5.74) is 9.03. The number of rotatable bonds is 11. The Labute approximate surface area is 272 Å². The molecular formula is C42H41N3O. The van der Waals surface area contributed by atoms with Gasteiger partial charge in [-0.2, -0.15) is 0 Å². The maximum Gasteiger partial charge on any atom is 0.138 e. The molecule has 4 nitrogen and oxygen atoms in total. The van der Waals surface area contributed by atoms with Gasteiger partial charge in [0.25, 0.3) is 0 Å². The number of hydrogen-bond acceptors (Lipinski definition) is 4. The molecule has 0 saturated carbocycles. The maximum atomic E-state index is 5.99. The lowest BCUT2D eigenvalue weighted by Gasteiger charge is -2.32. The minimum atomic E-state index is -0.0372. The number of pyridine rings is 2. The second kappa shape index (κ2) is 12.8. The Morgan fingerprint density at radius 3 is 2.15 bits per heavy atom. The summed E-state index contributed by atoms with van der Waals surface area (Å²) in [7, 11) is 1.78. The SMILES string of the molecule is CCCCC1(CCCC)c2ccc(-c3cccc(N(c4ccccc4)c4cc5ccccc5cn4)c3)nc2-c2c(OC)cccc21. The second-order valence-electron chi connectivity index (χ2n) is 12.4. The Hall–Kier alpha value is -4.96. The van der Waals surface area contributed by atoms with E-state index in [2.05, 4.69) is 128 Å². The van der Waals surface area contributed by atoms with E-state index in [1.165, 1.54) is 36.8 Å². The molecule has 2 heterocycles. The molecule has 46 heavy (non-hydrogen) atoms. The van der Waals surface area contributed by atoms with Crippen molar-refractivity contribution in [1.29, 1.82) is 0 Å². The third kappa shape index (κ3) is 5.22. The fraction of sp³-hybridized carbons (Fsp3) is 0.238. The minimum absolute atomic E-state index is 0.0372. The van der Waals surface area contributed by atoms with Crippen LogP contribution in [0, 0.1) is 0 Å².